The summed E-state index contributed by atoms with van der Waals surface area (Å²) in [6.07, 6.45) is 1.05. The van der Waals surface area contributed by atoms with Crippen LogP contribution in [-0.2, 0) is 19.4 Å². The fourth-order valence-corrected chi connectivity index (χ4v) is 7.53. The average Bonchev–Trinajstić information content (AvgIpc) is 3.21. The average molecular weight is 401 g/mol. The number of hydrogen-bond acceptors (Lipinski definition) is 5. The molecule has 0 N–H and O–H groups in total. The highest BCUT2D eigenvalue weighted by molar-refractivity contribution is 8.16. The van der Waals surface area contributed by atoms with E-state index in [1.807, 2.05) is 11.0 Å². The van der Waals surface area contributed by atoms with E-state index < -0.39 is 15.9 Å². The van der Waals surface area contributed by atoms with Gasteiger partial charge in [0.2, 0.25) is 0 Å². The second kappa shape index (κ2) is 6.57. The number of ether oxygens (including phenoxy) is 1. The van der Waals surface area contributed by atoms with Gasteiger partial charge in [-0.25, -0.2) is 8.42 Å². The largest absolute Gasteiger partial charge is 0.368 e. The molecular formula is C16H17ClN2O4S2. The lowest BCUT2D eigenvalue weighted by Crippen LogP contribution is -2.38. The van der Waals surface area contributed by atoms with Crippen molar-refractivity contribution in [2.75, 3.05) is 23.0 Å². The Balaban J connectivity index is 1.69. The number of anilines is 1. The smallest absolute Gasteiger partial charge is 0.277 e. The topological polar surface area (TPSA) is 76.0 Å². The molecule has 3 atom stereocenters. The SMILES string of the molecule is O=C(N=C1S[C@H]2CS(=O)(=O)C[C@H]2N1c1cccc(Cl)c1)[C@@H]1CCCO1. The molecule has 0 unspecified atom stereocenters. The lowest BCUT2D eigenvalue weighted by molar-refractivity contribution is -0.126. The van der Waals surface area contributed by atoms with Gasteiger partial charge in [-0.15, -0.1) is 0 Å². The molecule has 0 bridgehead atoms. The number of amidine groups is 1. The zero-order valence-corrected chi connectivity index (χ0v) is 15.7. The van der Waals surface area contributed by atoms with Gasteiger partial charge >= 0.3 is 0 Å². The number of fused-ring (bicyclic) bond motifs is 1. The lowest BCUT2D eigenvalue weighted by Gasteiger charge is -2.24. The van der Waals surface area contributed by atoms with Crippen LogP contribution in [0.2, 0.25) is 5.02 Å². The van der Waals surface area contributed by atoms with E-state index in [4.69, 9.17) is 16.3 Å². The predicted molar refractivity (Wildman–Crippen MR) is 99.2 cm³/mol. The van der Waals surface area contributed by atoms with E-state index in [9.17, 15) is 13.2 Å². The van der Waals surface area contributed by atoms with Crippen molar-refractivity contribution >= 4 is 50.0 Å². The summed E-state index contributed by atoms with van der Waals surface area (Å²) in [4.78, 5) is 18.5. The number of amides is 1. The molecule has 0 spiro atoms. The standard InChI is InChI=1S/C16H17ClN2O4S2/c17-10-3-1-4-11(7-10)19-12-8-25(21,22)9-14(12)24-16(19)18-15(20)13-5-2-6-23-13/h1,3-4,7,12-14H,2,5-6,8-9H2/t12-,13+,14+/m1/s1. The van der Waals surface area contributed by atoms with E-state index in [0.717, 1.165) is 12.1 Å². The summed E-state index contributed by atoms with van der Waals surface area (Å²) in [5, 5.41) is 0.962. The second-order valence-corrected chi connectivity index (χ2v) is 10.2. The maximum atomic E-state index is 12.4. The van der Waals surface area contributed by atoms with Crippen molar-refractivity contribution in [1.29, 1.82) is 0 Å². The van der Waals surface area contributed by atoms with Crippen molar-refractivity contribution in [3.8, 4) is 0 Å². The molecule has 0 saturated carbocycles. The first-order chi connectivity index (χ1) is 11.9. The molecule has 6 nitrogen and oxygen atoms in total. The van der Waals surface area contributed by atoms with Gasteiger partial charge in [0.1, 0.15) is 6.10 Å². The summed E-state index contributed by atoms with van der Waals surface area (Å²) in [6.45, 7) is 0.579. The number of thioether (sulfide) groups is 1. The second-order valence-electron chi connectivity index (χ2n) is 6.38. The molecule has 0 aliphatic carbocycles. The molecule has 1 amide bonds. The van der Waals surface area contributed by atoms with Crippen LogP contribution >= 0.6 is 23.4 Å². The number of aliphatic imine (C=N–C) groups is 1. The molecule has 0 aromatic heterocycles. The molecule has 1 aromatic rings. The first kappa shape index (κ1) is 17.3. The minimum atomic E-state index is -3.08. The zero-order chi connectivity index (χ0) is 17.6. The Morgan fingerprint density at radius 3 is 2.92 bits per heavy atom. The number of carbonyl (C=O) groups is 1. The summed E-state index contributed by atoms with van der Waals surface area (Å²) >= 11 is 7.46. The lowest BCUT2D eigenvalue weighted by atomic mass is 10.2. The number of nitrogens with zero attached hydrogens (tertiary/aromatic N) is 2. The molecule has 9 heteroatoms. The van der Waals surface area contributed by atoms with E-state index >= 15 is 0 Å². The Morgan fingerprint density at radius 2 is 2.20 bits per heavy atom. The van der Waals surface area contributed by atoms with Gasteiger partial charge in [0, 0.05) is 22.6 Å². The van der Waals surface area contributed by atoms with Crippen LogP contribution in [0.25, 0.3) is 0 Å². The van der Waals surface area contributed by atoms with Gasteiger partial charge in [-0.1, -0.05) is 29.4 Å². The summed E-state index contributed by atoms with van der Waals surface area (Å²) < 4.78 is 29.5. The molecule has 4 rings (SSSR count). The van der Waals surface area contributed by atoms with Crippen LogP contribution in [0.15, 0.2) is 29.3 Å². The van der Waals surface area contributed by atoms with Crippen molar-refractivity contribution in [2.24, 2.45) is 4.99 Å². The molecular weight excluding hydrogens is 384 g/mol. The number of carbonyl (C=O) groups excluding carboxylic acids is 1. The number of sulfone groups is 1. The Bertz CT molecular complexity index is 836. The van der Waals surface area contributed by atoms with Gasteiger partial charge < -0.3 is 9.64 Å². The van der Waals surface area contributed by atoms with Crippen LogP contribution in [0.1, 0.15) is 12.8 Å². The van der Waals surface area contributed by atoms with Gasteiger partial charge in [-0.3, -0.25) is 4.79 Å². The van der Waals surface area contributed by atoms with Crippen molar-refractivity contribution in [3.63, 3.8) is 0 Å². The normalized spacial score (nSPS) is 32.3. The first-order valence-electron chi connectivity index (χ1n) is 8.09. The van der Waals surface area contributed by atoms with Crippen molar-refractivity contribution in [2.45, 2.75) is 30.2 Å². The van der Waals surface area contributed by atoms with E-state index in [0.29, 0.717) is 23.2 Å². The monoisotopic (exact) mass is 400 g/mol. The number of rotatable bonds is 2. The molecule has 25 heavy (non-hydrogen) atoms. The van der Waals surface area contributed by atoms with Crippen molar-refractivity contribution in [3.05, 3.63) is 29.3 Å². The summed E-state index contributed by atoms with van der Waals surface area (Å²) in [5.74, 6) is -0.133. The fourth-order valence-electron chi connectivity index (χ4n) is 3.43. The highest BCUT2D eigenvalue weighted by atomic mass is 35.5. The summed E-state index contributed by atoms with van der Waals surface area (Å²) in [5.41, 5.74) is 0.753. The summed E-state index contributed by atoms with van der Waals surface area (Å²) in [7, 11) is -3.08. The van der Waals surface area contributed by atoms with E-state index in [-0.39, 0.29) is 28.7 Å². The van der Waals surface area contributed by atoms with Crippen molar-refractivity contribution in [1.82, 2.24) is 0 Å². The first-order valence-corrected chi connectivity index (χ1v) is 11.2. The van der Waals surface area contributed by atoms with E-state index in [2.05, 4.69) is 4.99 Å². The molecule has 3 fully saturated rings. The fraction of sp³-hybridized carbons (Fsp3) is 0.500. The third kappa shape index (κ3) is 3.45. The quantitative estimate of drug-likeness (QED) is 0.756. The molecule has 1 aromatic carbocycles. The Labute approximate surface area is 155 Å². The van der Waals surface area contributed by atoms with Gasteiger partial charge in [0.25, 0.3) is 5.91 Å². The maximum Gasteiger partial charge on any atom is 0.277 e. The minimum absolute atomic E-state index is 0.0598. The third-order valence-corrected chi connectivity index (χ3v) is 8.01. The van der Waals surface area contributed by atoms with E-state index in [1.54, 1.807) is 18.2 Å². The Hall–Kier alpha value is -1.09. The number of benzene rings is 1. The van der Waals surface area contributed by atoms with Gasteiger partial charge in [-0.2, -0.15) is 4.99 Å². The summed E-state index contributed by atoms with van der Waals surface area (Å²) in [6, 6.07) is 6.95. The highest BCUT2D eigenvalue weighted by Crippen LogP contribution is 2.41. The van der Waals surface area contributed by atoms with Crippen molar-refractivity contribution < 1.29 is 17.9 Å². The van der Waals surface area contributed by atoms with Crippen LogP contribution in [0.4, 0.5) is 5.69 Å². The van der Waals surface area contributed by atoms with E-state index in [1.165, 1.54) is 11.8 Å². The van der Waals surface area contributed by atoms with Gasteiger partial charge in [0.05, 0.1) is 17.5 Å². The van der Waals surface area contributed by atoms with Crippen LogP contribution in [0.5, 0.6) is 0 Å². The van der Waals surface area contributed by atoms with Crippen LogP contribution in [-0.4, -0.2) is 55.0 Å². The predicted octanol–water partition coefficient (Wildman–Crippen LogP) is 2.12. The molecule has 3 aliphatic heterocycles. The Kier molecular flexibility index (Phi) is 4.56. The Morgan fingerprint density at radius 1 is 1.36 bits per heavy atom. The number of halogens is 1. The van der Waals surface area contributed by atoms with Crippen LogP contribution in [0, 0.1) is 0 Å². The molecule has 3 heterocycles. The third-order valence-electron chi connectivity index (χ3n) is 4.56. The van der Waals surface area contributed by atoms with Gasteiger partial charge in [0.15, 0.2) is 15.0 Å². The van der Waals surface area contributed by atoms with Crippen LogP contribution < -0.4 is 4.90 Å². The van der Waals surface area contributed by atoms with Gasteiger partial charge in [-0.05, 0) is 31.0 Å². The molecule has 3 saturated heterocycles. The minimum Gasteiger partial charge on any atom is -0.368 e. The molecule has 0 radical (unpaired) electrons. The zero-order valence-electron chi connectivity index (χ0n) is 13.3. The molecule has 134 valence electrons. The maximum absolute atomic E-state index is 12.4. The number of hydrogen-bond donors (Lipinski definition) is 0. The van der Waals surface area contributed by atoms with Crippen LogP contribution in [0.3, 0.4) is 0 Å². The highest BCUT2D eigenvalue weighted by Gasteiger charge is 2.49. The molecule has 3 aliphatic rings.